The van der Waals surface area contributed by atoms with Crippen LogP contribution >= 0.6 is 0 Å². The molecular formula is C8H8F3NO. The molecule has 0 aromatic carbocycles. The summed E-state index contributed by atoms with van der Waals surface area (Å²) in [5.41, 5.74) is -0.700. The Morgan fingerprint density at radius 2 is 2.08 bits per heavy atom. The van der Waals surface area contributed by atoms with Gasteiger partial charge in [-0.1, -0.05) is 0 Å². The van der Waals surface area contributed by atoms with Crippen molar-refractivity contribution in [1.29, 1.82) is 0 Å². The molecule has 0 fully saturated rings. The lowest BCUT2D eigenvalue weighted by atomic mass is 10.1. The van der Waals surface area contributed by atoms with Gasteiger partial charge in [0.1, 0.15) is 0 Å². The Morgan fingerprint density at radius 3 is 2.62 bits per heavy atom. The van der Waals surface area contributed by atoms with E-state index in [1.54, 1.807) is 0 Å². The smallest absolute Gasteiger partial charge is 0.396 e. The third-order valence-electron chi connectivity index (χ3n) is 1.59. The van der Waals surface area contributed by atoms with E-state index in [0.717, 1.165) is 18.5 Å². The number of rotatable bonds is 2. The summed E-state index contributed by atoms with van der Waals surface area (Å²) >= 11 is 0. The van der Waals surface area contributed by atoms with E-state index < -0.39 is 11.7 Å². The van der Waals surface area contributed by atoms with Crippen molar-refractivity contribution < 1.29 is 18.3 Å². The fourth-order valence-electron chi connectivity index (χ4n) is 1.02. The monoisotopic (exact) mass is 191 g/mol. The molecule has 5 heteroatoms. The number of aromatic nitrogens is 1. The molecule has 0 unspecified atom stereocenters. The second kappa shape index (κ2) is 3.74. The summed E-state index contributed by atoms with van der Waals surface area (Å²) in [6.07, 6.45) is -2.18. The molecule has 1 rings (SSSR count). The Morgan fingerprint density at radius 1 is 1.38 bits per heavy atom. The molecule has 1 aromatic heterocycles. The maximum absolute atomic E-state index is 12.3. The van der Waals surface area contributed by atoms with Crippen LogP contribution in [0.25, 0.3) is 0 Å². The Hall–Kier alpha value is -1.10. The van der Waals surface area contributed by atoms with E-state index in [9.17, 15) is 13.2 Å². The molecule has 0 radical (unpaired) electrons. The molecule has 0 aliphatic heterocycles. The van der Waals surface area contributed by atoms with Gasteiger partial charge >= 0.3 is 6.18 Å². The Balaban J connectivity index is 3.05. The largest absolute Gasteiger partial charge is 0.416 e. The molecule has 0 spiro atoms. The van der Waals surface area contributed by atoms with E-state index >= 15 is 0 Å². The number of nitrogens with zero attached hydrogens (tertiary/aromatic N) is 1. The molecular weight excluding hydrogens is 183 g/mol. The van der Waals surface area contributed by atoms with Crippen LogP contribution in [0.15, 0.2) is 18.5 Å². The molecule has 0 amide bonds. The fraction of sp³-hybridized carbons (Fsp3) is 0.375. The highest BCUT2D eigenvalue weighted by Gasteiger charge is 2.32. The van der Waals surface area contributed by atoms with Gasteiger partial charge in [0.05, 0.1) is 5.56 Å². The summed E-state index contributed by atoms with van der Waals surface area (Å²) < 4.78 is 36.8. The lowest BCUT2D eigenvalue weighted by Gasteiger charge is -2.10. The first-order valence-electron chi connectivity index (χ1n) is 3.66. The summed E-state index contributed by atoms with van der Waals surface area (Å²) in [4.78, 5) is 3.57. The van der Waals surface area contributed by atoms with Crippen LogP contribution in [0.1, 0.15) is 11.1 Å². The first-order valence-corrected chi connectivity index (χ1v) is 3.66. The molecule has 2 nitrogen and oxygen atoms in total. The number of pyridine rings is 1. The van der Waals surface area contributed by atoms with Gasteiger partial charge in [-0.2, -0.15) is 13.2 Å². The van der Waals surface area contributed by atoms with Crippen molar-refractivity contribution in [2.45, 2.75) is 12.6 Å². The molecule has 1 aromatic rings. The second-order valence-corrected chi connectivity index (χ2v) is 2.50. The van der Waals surface area contributed by atoms with E-state index in [1.807, 2.05) is 0 Å². The van der Waals surface area contributed by atoms with E-state index in [-0.39, 0.29) is 18.6 Å². The number of alkyl halides is 3. The molecule has 0 aliphatic rings. The SMILES string of the molecule is OCCc1cnccc1C(F)(F)F. The number of hydrogen-bond donors (Lipinski definition) is 1. The van der Waals surface area contributed by atoms with Crippen molar-refractivity contribution in [2.24, 2.45) is 0 Å². The van der Waals surface area contributed by atoms with E-state index in [2.05, 4.69) is 4.98 Å². The topological polar surface area (TPSA) is 33.1 Å². The Kier molecular flexibility index (Phi) is 2.87. The van der Waals surface area contributed by atoms with Crippen LogP contribution < -0.4 is 0 Å². The van der Waals surface area contributed by atoms with Crippen molar-refractivity contribution in [1.82, 2.24) is 4.98 Å². The highest BCUT2D eigenvalue weighted by Crippen LogP contribution is 2.31. The summed E-state index contributed by atoms with van der Waals surface area (Å²) in [6, 6.07) is 0.908. The van der Waals surface area contributed by atoms with Gasteiger partial charge in [-0.3, -0.25) is 4.98 Å². The molecule has 72 valence electrons. The summed E-state index contributed by atoms with van der Waals surface area (Å²) in [5.74, 6) is 0. The lowest BCUT2D eigenvalue weighted by molar-refractivity contribution is -0.138. The zero-order chi connectivity index (χ0) is 9.90. The van der Waals surface area contributed by atoms with Gasteiger partial charge in [0, 0.05) is 19.0 Å². The van der Waals surface area contributed by atoms with Crippen LogP contribution in [0.4, 0.5) is 13.2 Å². The van der Waals surface area contributed by atoms with E-state index in [0.29, 0.717) is 0 Å². The van der Waals surface area contributed by atoms with Crippen LogP contribution in [0.3, 0.4) is 0 Å². The van der Waals surface area contributed by atoms with Crippen molar-refractivity contribution in [3.63, 3.8) is 0 Å². The van der Waals surface area contributed by atoms with Crippen LogP contribution in [-0.4, -0.2) is 16.7 Å². The molecule has 0 bridgehead atoms. The van der Waals surface area contributed by atoms with Gasteiger partial charge in [-0.25, -0.2) is 0 Å². The third-order valence-corrected chi connectivity index (χ3v) is 1.59. The minimum absolute atomic E-state index is 0.0251. The van der Waals surface area contributed by atoms with Crippen molar-refractivity contribution in [2.75, 3.05) is 6.61 Å². The summed E-state index contributed by atoms with van der Waals surface area (Å²) in [5, 5.41) is 8.51. The average molecular weight is 191 g/mol. The number of aliphatic hydroxyl groups is 1. The number of halogens is 3. The zero-order valence-electron chi connectivity index (χ0n) is 6.67. The Bertz CT molecular complexity index is 285. The molecule has 0 saturated heterocycles. The van der Waals surface area contributed by atoms with E-state index in [4.69, 9.17) is 5.11 Å². The predicted molar refractivity (Wildman–Crippen MR) is 40.0 cm³/mol. The predicted octanol–water partition coefficient (Wildman–Crippen LogP) is 1.64. The lowest BCUT2D eigenvalue weighted by Crippen LogP contribution is -2.10. The first-order chi connectivity index (χ1) is 6.05. The van der Waals surface area contributed by atoms with Crippen LogP contribution in [0, 0.1) is 0 Å². The maximum Gasteiger partial charge on any atom is 0.416 e. The van der Waals surface area contributed by atoms with Gasteiger partial charge in [-0.05, 0) is 18.1 Å². The molecule has 1 N–H and O–H groups in total. The normalized spacial score (nSPS) is 11.7. The molecule has 0 atom stereocenters. The quantitative estimate of drug-likeness (QED) is 0.770. The fourth-order valence-corrected chi connectivity index (χ4v) is 1.02. The van der Waals surface area contributed by atoms with Crippen molar-refractivity contribution in [3.05, 3.63) is 29.6 Å². The standard InChI is InChI=1S/C8H8F3NO/c9-8(10,11)7-1-3-12-5-6(7)2-4-13/h1,3,5,13H,2,4H2. The second-order valence-electron chi connectivity index (χ2n) is 2.50. The zero-order valence-corrected chi connectivity index (χ0v) is 6.67. The minimum Gasteiger partial charge on any atom is -0.396 e. The average Bonchev–Trinajstić information content (AvgIpc) is 2.04. The van der Waals surface area contributed by atoms with Gasteiger partial charge in [0.15, 0.2) is 0 Å². The summed E-state index contributed by atoms with van der Waals surface area (Å²) in [6.45, 7) is -0.311. The third kappa shape index (κ3) is 2.42. The molecule has 0 saturated carbocycles. The number of aliphatic hydroxyl groups excluding tert-OH is 1. The molecule has 0 aliphatic carbocycles. The maximum atomic E-state index is 12.3. The Labute approximate surface area is 73.0 Å². The highest BCUT2D eigenvalue weighted by molar-refractivity contribution is 5.26. The van der Waals surface area contributed by atoms with Gasteiger partial charge in [0.2, 0.25) is 0 Å². The van der Waals surface area contributed by atoms with Crippen molar-refractivity contribution >= 4 is 0 Å². The van der Waals surface area contributed by atoms with Crippen LogP contribution in [-0.2, 0) is 12.6 Å². The molecule has 13 heavy (non-hydrogen) atoms. The van der Waals surface area contributed by atoms with E-state index in [1.165, 1.54) is 0 Å². The van der Waals surface area contributed by atoms with Gasteiger partial charge < -0.3 is 5.11 Å². The summed E-state index contributed by atoms with van der Waals surface area (Å²) in [7, 11) is 0. The van der Waals surface area contributed by atoms with Crippen LogP contribution in [0.5, 0.6) is 0 Å². The number of hydrogen-bond acceptors (Lipinski definition) is 2. The van der Waals surface area contributed by atoms with Crippen LogP contribution in [0.2, 0.25) is 0 Å². The van der Waals surface area contributed by atoms with Gasteiger partial charge in [0.25, 0.3) is 0 Å². The first kappa shape index (κ1) is 9.98. The van der Waals surface area contributed by atoms with Gasteiger partial charge in [-0.15, -0.1) is 0 Å². The highest BCUT2D eigenvalue weighted by atomic mass is 19.4. The molecule has 1 heterocycles. The van der Waals surface area contributed by atoms with Crippen molar-refractivity contribution in [3.8, 4) is 0 Å². The minimum atomic E-state index is -4.37.